The molecule has 0 aliphatic rings. The van der Waals surface area contributed by atoms with Gasteiger partial charge in [0.2, 0.25) is 10.0 Å². The predicted octanol–water partition coefficient (Wildman–Crippen LogP) is 2.79. The monoisotopic (exact) mass is 348 g/mol. The molecule has 0 radical (unpaired) electrons. The van der Waals surface area contributed by atoms with Gasteiger partial charge in [-0.2, -0.15) is 11.3 Å². The molecule has 3 N–H and O–H groups in total. The summed E-state index contributed by atoms with van der Waals surface area (Å²) in [4.78, 5) is -0.183. The average Bonchev–Trinajstić information content (AvgIpc) is 2.85. The lowest BCUT2D eigenvalue weighted by atomic mass is 10.2. The van der Waals surface area contributed by atoms with Crippen LogP contribution in [0.1, 0.15) is 16.7 Å². The molecule has 0 unspecified atom stereocenters. The molecule has 114 valence electrons. The van der Waals surface area contributed by atoms with Crippen LogP contribution in [0.25, 0.3) is 0 Å². The molecule has 0 amide bonds. The fraction of sp³-hybridized carbons (Fsp3) is 0.231. The number of halogens is 2. The Morgan fingerprint density at radius 3 is 2.62 bits per heavy atom. The van der Waals surface area contributed by atoms with E-state index in [1.807, 2.05) is 17.7 Å². The summed E-state index contributed by atoms with van der Waals surface area (Å²) in [5, 5.41) is 3.65. The minimum Gasteiger partial charge on any atom is -0.326 e. The van der Waals surface area contributed by atoms with E-state index in [9.17, 15) is 12.8 Å². The van der Waals surface area contributed by atoms with Gasteiger partial charge in [-0.1, -0.05) is 11.6 Å². The van der Waals surface area contributed by atoms with Crippen molar-refractivity contribution < 1.29 is 12.8 Å². The molecule has 0 atom stereocenters. The van der Waals surface area contributed by atoms with Crippen LogP contribution >= 0.6 is 22.9 Å². The van der Waals surface area contributed by atoms with Crippen molar-refractivity contribution in [2.45, 2.75) is 24.9 Å². The normalized spacial score (nSPS) is 11.8. The Bertz CT molecular complexity index is 760. The van der Waals surface area contributed by atoms with Gasteiger partial charge in [0.25, 0.3) is 0 Å². The highest BCUT2D eigenvalue weighted by Crippen LogP contribution is 2.24. The maximum atomic E-state index is 13.7. The largest absolute Gasteiger partial charge is 0.326 e. The van der Waals surface area contributed by atoms with E-state index in [4.69, 9.17) is 17.3 Å². The first-order valence-electron chi connectivity index (χ1n) is 6.04. The topological polar surface area (TPSA) is 72.2 Å². The van der Waals surface area contributed by atoms with Gasteiger partial charge in [0.15, 0.2) is 0 Å². The van der Waals surface area contributed by atoms with Gasteiger partial charge >= 0.3 is 0 Å². The third-order valence-electron chi connectivity index (χ3n) is 3.02. The van der Waals surface area contributed by atoms with E-state index in [0.717, 1.165) is 17.2 Å². The summed E-state index contributed by atoms with van der Waals surface area (Å²) in [6, 6.07) is 2.18. The Hall–Kier alpha value is -0.990. The standard InChI is InChI=1S/C13H14ClFN2O2S2/c1-8-6-20-7-10(8)5-17-21(18,19)11-2-9(4-16)13(14)12(15)3-11/h2-3,6-7,17H,4-5,16H2,1H3. The van der Waals surface area contributed by atoms with E-state index in [0.29, 0.717) is 0 Å². The quantitative estimate of drug-likeness (QED) is 0.872. The molecule has 4 nitrogen and oxygen atoms in total. The molecule has 1 aromatic carbocycles. The molecule has 2 aromatic rings. The van der Waals surface area contributed by atoms with Crippen molar-refractivity contribution in [3.8, 4) is 0 Å². The number of nitrogens with one attached hydrogen (secondary N) is 1. The number of thiophene rings is 1. The molecule has 1 aromatic heterocycles. The second-order valence-electron chi connectivity index (χ2n) is 4.49. The van der Waals surface area contributed by atoms with Gasteiger partial charge < -0.3 is 5.73 Å². The van der Waals surface area contributed by atoms with Gasteiger partial charge in [0, 0.05) is 13.1 Å². The minimum absolute atomic E-state index is 0.0389. The Labute approximate surface area is 131 Å². The lowest BCUT2D eigenvalue weighted by Crippen LogP contribution is -2.23. The van der Waals surface area contributed by atoms with E-state index in [-0.39, 0.29) is 28.6 Å². The third kappa shape index (κ3) is 3.61. The third-order valence-corrected chi connectivity index (χ3v) is 5.74. The van der Waals surface area contributed by atoms with E-state index < -0.39 is 15.8 Å². The molecule has 0 saturated heterocycles. The summed E-state index contributed by atoms with van der Waals surface area (Å²) in [5.74, 6) is -0.799. The molecule has 2 rings (SSSR count). The van der Waals surface area contributed by atoms with Crippen molar-refractivity contribution in [2.24, 2.45) is 5.73 Å². The summed E-state index contributed by atoms with van der Waals surface area (Å²) < 4.78 is 40.5. The van der Waals surface area contributed by atoms with Gasteiger partial charge in [0.1, 0.15) is 5.82 Å². The molecule has 0 spiro atoms. The van der Waals surface area contributed by atoms with Crippen molar-refractivity contribution >= 4 is 33.0 Å². The van der Waals surface area contributed by atoms with Crippen molar-refractivity contribution in [2.75, 3.05) is 0 Å². The summed E-state index contributed by atoms with van der Waals surface area (Å²) in [6.07, 6.45) is 0. The summed E-state index contributed by atoms with van der Waals surface area (Å²) >= 11 is 7.22. The number of aryl methyl sites for hydroxylation is 1. The van der Waals surface area contributed by atoms with Crippen molar-refractivity contribution in [1.82, 2.24) is 4.72 Å². The maximum Gasteiger partial charge on any atom is 0.240 e. The van der Waals surface area contributed by atoms with E-state index in [2.05, 4.69) is 4.72 Å². The average molecular weight is 349 g/mol. The number of hydrogen-bond acceptors (Lipinski definition) is 4. The highest BCUT2D eigenvalue weighted by Gasteiger charge is 2.18. The first kappa shape index (κ1) is 16.4. The van der Waals surface area contributed by atoms with Crippen LogP contribution in [-0.4, -0.2) is 8.42 Å². The second-order valence-corrected chi connectivity index (χ2v) is 7.38. The minimum atomic E-state index is -3.82. The van der Waals surface area contributed by atoms with Crippen LogP contribution in [-0.2, 0) is 23.1 Å². The van der Waals surface area contributed by atoms with E-state index in [1.54, 1.807) is 0 Å². The second kappa shape index (κ2) is 6.41. The lowest BCUT2D eigenvalue weighted by Gasteiger charge is -2.10. The summed E-state index contributed by atoms with van der Waals surface area (Å²) in [6.45, 7) is 2.01. The predicted molar refractivity (Wildman–Crippen MR) is 82.4 cm³/mol. The smallest absolute Gasteiger partial charge is 0.240 e. The van der Waals surface area contributed by atoms with Gasteiger partial charge in [-0.05, 0) is 46.5 Å². The van der Waals surface area contributed by atoms with E-state index >= 15 is 0 Å². The molecule has 0 bridgehead atoms. The van der Waals surface area contributed by atoms with Crippen LogP contribution in [0, 0.1) is 12.7 Å². The van der Waals surface area contributed by atoms with Gasteiger partial charge in [-0.3, -0.25) is 0 Å². The van der Waals surface area contributed by atoms with Crippen molar-refractivity contribution in [3.05, 3.63) is 50.4 Å². The maximum absolute atomic E-state index is 13.7. The first-order valence-corrected chi connectivity index (χ1v) is 8.85. The van der Waals surface area contributed by atoms with Crippen LogP contribution in [0.2, 0.25) is 5.02 Å². The fourth-order valence-electron chi connectivity index (χ4n) is 1.75. The Morgan fingerprint density at radius 1 is 1.33 bits per heavy atom. The van der Waals surface area contributed by atoms with Crippen molar-refractivity contribution in [3.63, 3.8) is 0 Å². The number of nitrogens with two attached hydrogens (primary N) is 1. The molecule has 1 heterocycles. The summed E-state index contributed by atoms with van der Waals surface area (Å²) in [7, 11) is -3.82. The zero-order valence-electron chi connectivity index (χ0n) is 11.2. The first-order chi connectivity index (χ1) is 9.85. The zero-order chi connectivity index (χ0) is 15.6. The van der Waals surface area contributed by atoms with Crippen LogP contribution in [0.5, 0.6) is 0 Å². The van der Waals surface area contributed by atoms with Crippen LogP contribution < -0.4 is 10.5 Å². The highest BCUT2D eigenvalue weighted by molar-refractivity contribution is 7.89. The molecule has 0 aliphatic carbocycles. The fourth-order valence-corrected chi connectivity index (χ4v) is 3.86. The molecule has 8 heteroatoms. The molecular formula is C13H14ClFN2O2S2. The lowest BCUT2D eigenvalue weighted by molar-refractivity contribution is 0.577. The molecule has 21 heavy (non-hydrogen) atoms. The number of benzene rings is 1. The SMILES string of the molecule is Cc1cscc1CNS(=O)(=O)c1cc(F)c(Cl)c(CN)c1. The van der Waals surface area contributed by atoms with Crippen LogP contribution in [0.4, 0.5) is 4.39 Å². The van der Waals surface area contributed by atoms with Gasteiger partial charge in [-0.25, -0.2) is 17.5 Å². The van der Waals surface area contributed by atoms with Crippen LogP contribution in [0.3, 0.4) is 0 Å². The van der Waals surface area contributed by atoms with Crippen LogP contribution in [0.15, 0.2) is 27.8 Å². The van der Waals surface area contributed by atoms with E-state index in [1.165, 1.54) is 17.4 Å². The molecule has 0 fully saturated rings. The molecule has 0 saturated carbocycles. The number of sulfonamides is 1. The highest BCUT2D eigenvalue weighted by atomic mass is 35.5. The zero-order valence-corrected chi connectivity index (χ0v) is 13.6. The summed E-state index contributed by atoms with van der Waals surface area (Å²) in [5.41, 5.74) is 7.58. The Kier molecular flexibility index (Phi) is 5.00. The Balaban J connectivity index is 2.27. The number of rotatable bonds is 5. The van der Waals surface area contributed by atoms with Crippen molar-refractivity contribution in [1.29, 1.82) is 0 Å². The number of hydrogen-bond donors (Lipinski definition) is 2. The Morgan fingerprint density at radius 2 is 2.05 bits per heavy atom. The van der Waals surface area contributed by atoms with Gasteiger partial charge in [0.05, 0.1) is 9.92 Å². The molecular weight excluding hydrogens is 335 g/mol. The van der Waals surface area contributed by atoms with Gasteiger partial charge in [-0.15, -0.1) is 0 Å². The molecule has 0 aliphatic heterocycles.